The molecule has 6 nitrogen and oxygen atoms in total. The van der Waals surface area contributed by atoms with Crippen LogP contribution in [-0.2, 0) is 11.3 Å². The number of aryl methyl sites for hydroxylation is 1. The van der Waals surface area contributed by atoms with Gasteiger partial charge in [-0.15, -0.1) is 0 Å². The molecular formula is C17H25N5O. The van der Waals surface area contributed by atoms with E-state index in [1.165, 1.54) is 4.68 Å². The van der Waals surface area contributed by atoms with Gasteiger partial charge in [0, 0.05) is 18.5 Å². The summed E-state index contributed by atoms with van der Waals surface area (Å²) in [5.41, 5.74) is 7.72. The van der Waals surface area contributed by atoms with Crippen molar-refractivity contribution in [3.8, 4) is 0 Å². The monoisotopic (exact) mass is 315 g/mol. The number of hydrogen-bond donors (Lipinski definition) is 2. The number of nitrogens with zero attached hydrogens (tertiary/aromatic N) is 3. The molecule has 1 atom stereocenters. The lowest BCUT2D eigenvalue weighted by atomic mass is 9.86. The SMILES string of the molecule is Cc1cc(N)n(CC(=O)NC(CC(C)(C)C)c2cccnc2)n1. The maximum absolute atomic E-state index is 12.4. The van der Waals surface area contributed by atoms with Crippen molar-refractivity contribution >= 4 is 11.7 Å². The lowest BCUT2D eigenvalue weighted by molar-refractivity contribution is -0.122. The van der Waals surface area contributed by atoms with Crippen molar-refractivity contribution in [2.24, 2.45) is 5.41 Å². The first-order valence-corrected chi connectivity index (χ1v) is 7.74. The average molecular weight is 315 g/mol. The largest absolute Gasteiger partial charge is 0.384 e. The van der Waals surface area contributed by atoms with Crippen molar-refractivity contribution in [3.63, 3.8) is 0 Å². The smallest absolute Gasteiger partial charge is 0.242 e. The minimum Gasteiger partial charge on any atom is -0.384 e. The van der Waals surface area contributed by atoms with E-state index in [-0.39, 0.29) is 23.9 Å². The quantitative estimate of drug-likeness (QED) is 0.887. The predicted octanol–water partition coefficient (Wildman–Crippen LogP) is 2.46. The van der Waals surface area contributed by atoms with Crippen LogP contribution in [0.1, 0.15) is 44.5 Å². The van der Waals surface area contributed by atoms with Gasteiger partial charge >= 0.3 is 0 Å². The van der Waals surface area contributed by atoms with Gasteiger partial charge in [0.2, 0.25) is 5.91 Å². The lowest BCUT2D eigenvalue weighted by Gasteiger charge is -2.27. The molecule has 124 valence electrons. The summed E-state index contributed by atoms with van der Waals surface area (Å²) >= 11 is 0. The third-order valence-electron chi connectivity index (χ3n) is 3.47. The van der Waals surface area contributed by atoms with E-state index < -0.39 is 0 Å². The van der Waals surface area contributed by atoms with Crippen LogP contribution in [0.2, 0.25) is 0 Å². The van der Waals surface area contributed by atoms with Crippen LogP contribution in [0.3, 0.4) is 0 Å². The summed E-state index contributed by atoms with van der Waals surface area (Å²) < 4.78 is 1.52. The Hall–Kier alpha value is -2.37. The summed E-state index contributed by atoms with van der Waals surface area (Å²) in [6.07, 6.45) is 4.34. The van der Waals surface area contributed by atoms with Gasteiger partial charge in [-0.05, 0) is 30.4 Å². The number of nitrogens with one attached hydrogen (secondary N) is 1. The number of pyridine rings is 1. The maximum atomic E-state index is 12.4. The van der Waals surface area contributed by atoms with Crippen LogP contribution in [0.15, 0.2) is 30.6 Å². The van der Waals surface area contributed by atoms with Crippen molar-refractivity contribution in [2.75, 3.05) is 5.73 Å². The van der Waals surface area contributed by atoms with Gasteiger partial charge in [0.25, 0.3) is 0 Å². The average Bonchev–Trinajstić information content (AvgIpc) is 2.75. The van der Waals surface area contributed by atoms with Crippen LogP contribution in [0.4, 0.5) is 5.82 Å². The van der Waals surface area contributed by atoms with Gasteiger partial charge in [0.05, 0.1) is 11.7 Å². The molecule has 23 heavy (non-hydrogen) atoms. The molecule has 0 aromatic carbocycles. The third kappa shape index (κ3) is 5.09. The van der Waals surface area contributed by atoms with Gasteiger partial charge in [-0.25, -0.2) is 4.68 Å². The van der Waals surface area contributed by atoms with E-state index in [1.54, 1.807) is 18.5 Å². The van der Waals surface area contributed by atoms with E-state index in [9.17, 15) is 4.79 Å². The molecule has 2 aromatic rings. The zero-order chi connectivity index (χ0) is 17.0. The first kappa shape index (κ1) is 17.0. The number of carbonyl (C=O) groups is 1. The van der Waals surface area contributed by atoms with Gasteiger partial charge in [-0.3, -0.25) is 9.78 Å². The highest BCUT2D eigenvalue weighted by atomic mass is 16.2. The molecule has 0 bridgehead atoms. The molecule has 2 rings (SSSR count). The topological polar surface area (TPSA) is 85.8 Å². The fourth-order valence-corrected chi connectivity index (χ4v) is 2.51. The Morgan fingerprint density at radius 2 is 2.17 bits per heavy atom. The lowest BCUT2D eigenvalue weighted by Crippen LogP contribution is -2.34. The molecule has 2 aromatic heterocycles. The standard InChI is InChI=1S/C17H25N5O/c1-12-8-15(18)22(21-12)11-16(23)20-14(9-17(2,3)4)13-6-5-7-19-10-13/h5-8,10,14H,9,11,18H2,1-4H3,(H,20,23). The zero-order valence-corrected chi connectivity index (χ0v) is 14.2. The van der Waals surface area contributed by atoms with E-state index in [0.717, 1.165) is 17.7 Å². The number of anilines is 1. The molecule has 3 N–H and O–H groups in total. The third-order valence-corrected chi connectivity index (χ3v) is 3.47. The van der Waals surface area contributed by atoms with Crippen LogP contribution in [0, 0.1) is 12.3 Å². The Labute approximate surface area is 137 Å². The first-order valence-electron chi connectivity index (χ1n) is 7.74. The number of nitrogen functional groups attached to an aromatic ring is 1. The molecule has 0 spiro atoms. The number of hydrogen-bond acceptors (Lipinski definition) is 4. The minimum absolute atomic E-state index is 0.0785. The highest BCUT2D eigenvalue weighted by Crippen LogP contribution is 2.29. The van der Waals surface area contributed by atoms with Crippen LogP contribution >= 0.6 is 0 Å². The second-order valence-corrected chi connectivity index (χ2v) is 7.04. The molecule has 0 saturated carbocycles. The van der Waals surface area contributed by atoms with Crippen molar-refractivity contribution in [1.29, 1.82) is 0 Å². The zero-order valence-electron chi connectivity index (χ0n) is 14.2. The van der Waals surface area contributed by atoms with Crippen LogP contribution in [0.25, 0.3) is 0 Å². The summed E-state index contributed by atoms with van der Waals surface area (Å²) in [5, 5.41) is 7.30. The van der Waals surface area contributed by atoms with E-state index in [2.05, 4.69) is 36.2 Å². The fraction of sp³-hybridized carbons (Fsp3) is 0.471. The second kappa shape index (κ2) is 6.81. The predicted molar refractivity (Wildman–Crippen MR) is 90.6 cm³/mol. The van der Waals surface area contributed by atoms with Crippen molar-refractivity contribution in [1.82, 2.24) is 20.1 Å². The summed E-state index contributed by atoms with van der Waals surface area (Å²) in [6, 6.07) is 5.53. The van der Waals surface area contributed by atoms with Gasteiger partial charge in [0.15, 0.2) is 0 Å². The fourth-order valence-electron chi connectivity index (χ4n) is 2.51. The highest BCUT2D eigenvalue weighted by Gasteiger charge is 2.22. The minimum atomic E-state index is -0.113. The Morgan fingerprint density at radius 1 is 1.43 bits per heavy atom. The summed E-state index contributed by atoms with van der Waals surface area (Å²) in [7, 11) is 0. The van der Waals surface area contributed by atoms with Crippen LogP contribution in [0.5, 0.6) is 0 Å². The number of rotatable bonds is 5. The maximum Gasteiger partial charge on any atom is 0.242 e. The van der Waals surface area contributed by atoms with E-state index in [0.29, 0.717) is 5.82 Å². The number of amides is 1. The van der Waals surface area contributed by atoms with Crippen LogP contribution in [-0.4, -0.2) is 20.7 Å². The summed E-state index contributed by atoms with van der Waals surface area (Å²) in [6.45, 7) is 8.41. The second-order valence-electron chi connectivity index (χ2n) is 7.04. The van der Waals surface area contributed by atoms with Crippen molar-refractivity contribution < 1.29 is 4.79 Å². The Morgan fingerprint density at radius 3 is 2.70 bits per heavy atom. The number of carbonyl (C=O) groups excluding carboxylic acids is 1. The van der Waals surface area contributed by atoms with Gasteiger partial charge in [-0.2, -0.15) is 5.10 Å². The molecular weight excluding hydrogens is 290 g/mol. The van der Waals surface area contributed by atoms with E-state index >= 15 is 0 Å². The molecule has 0 radical (unpaired) electrons. The first-order chi connectivity index (χ1) is 10.7. The molecule has 0 aliphatic carbocycles. The molecule has 0 aliphatic heterocycles. The number of aromatic nitrogens is 3. The van der Waals surface area contributed by atoms with Gasteiger partial charge in [0.1, 0.15) is 12.4 Å². The van der Waals surface area contributed by atoms with E-state index in [4.69, 9.17) is 5.73 Å². The van der Waals surface area contributed by atoms with Crippen LogP contribution < -0.4 is 11.1 Å². The molecule has 0 fully saturated rings. The molecule has 6 heteroatoms. The normalized spacial score (nSPS) is 12.9. The van der Waals surface area contributed by atoms with Gasteiger partial charge < -0.3 is 11.1 Å². The Kier molecular flexibility index (Phi) is 5.03. The Balaban J connectivity index is 2.11. The summed E-state index contributed by atoms with van der Waals surface area (Å²) in [4.78, 5) is 16.6. The molecule has 2 heterocycles. The molecule has 1 amide bonds. The van der Waals surface area contributed by atoms with Crippen molar-refractivity contribution in [3.05, 3.63) is 41.9 Å². The number of nitrogens with two attached hydrogens (primary N) is 1. The molecule has 1 unspecified atom stereocenters. The van der Waals surface area contributed by atoms with Crippen molar-refractivity contribution in [2.45, 2.75) is 46.7 Å². The van der Waals surface area contributed by atoms with E-state index in [1.807, 2.05) is 19.1 Å². The molecule has 0 saturated heterocycles. The van der Waals surface area contributed by atoms with Gasteiger partial charge in [-0.1, -0.05) is 26.8 Å². The molecule has 0 aliphatic rings. The Bertz CT molecular complexity index is 657. The highest BCUT2D eigenvalue weighted by molar-refractivity contribution is 5.76. The summed E-state index contributed by atoms with van der Waals surface area (Å²) in [5.74, 6) is 0.379.